The molecule has 1 amide bonds. The molecule has 2 fully saturated rings. The average molecular weight is 364 g/mol. The molecule has 2 aliphatic rings. The molecule has 1 aromatic carbocycles. The first-order chi connectivity index (χ1) is 13.2. The lowest BCUT2D eigenvalue weighted by Gasteiger charge is -2.33. The van der Waals surface area contributed by atoms with Crippen LogP contribution in [0.25, 0.3) is 0 Å². The van der Waals surface area contributed by atoms with Crippen LogP contribution in [-0.2, 0) is 4.74 Å². The average Bonchev–Trinajstić information content (AvgIpc) is 3.11. The maximum absolute atomic E-state index is 14.3. The Morgan fingerprint density at radius 2 is 2.00 bits per heavy atom. The molecule has 2 saturated heterocycles. The van der Waals surface area contributed by atoms with Crippen LogP contribution >= 0.6 is 0 Å². The lowest BCUT2D eigenvalue weighted by Crippen LogP contribution is -2.35. The van der Waals surface area contributed by atoms with E-state index in [9.17, 15) is 9.18 Å². The maximum Gasteiger partial charge on any atom is 0.256 e. The fraction of sp³-hybridized carbons (Fsp3) is 0.364. The van der Waals surface area contributed by atoms with Gasteiger partial charge in [0.1, 0.15) is 11.5 Å². The van der Waals surface area contributed by atoms with Gasteiger partial charge in [0.15, 0.2) is 0 Å². The van der Waals surface area contributed by atoms with Gasteiger partial charge in [-0.05, 0) is 60.9 Å². The third kappa shape index (κ3) is 3.86. The fourth-order valence-electron chi connectivity index (χ4n) is 3.83. The number of hydrogen-bond donors (Lipinski definition) is 0. The van der Waals surface area contributed by atoms with E-state index < -0.39 is 5.82 Å². The fourth-order valence-corrected chi connectivity index (χ4v) is 3.83. The Kier molecular flexibility index (Phi) is 4.91. The predicted molar refractivity (Wildman–Crippen MR) is 99.6 cm³/mol. The van der Waals surface area contributed by atoms with E-state index in [0.717, 1.165) is 32.5 Å². The summed E-state index contributed by atoms with van der Waals surface area (Å²) in [5.41, 5.74) is 1.47. The topological polar surface area (TPSA) is 42.4 Å². The first kappa shape index (κ1) is 17.7. The Balaban J connectivity index is 1.53. The van der Waals surface area contributed by atoms with Gasteiger partial charge in [0, 0.05) is 38.1 Å². The number of hydrogen-bond acceptors (Lipinski definition) is 3. The molecule has 0 atom stereocenters. The number of likely N-dealkylation sites (tertiary alicyclic amines) is 1. The van der Waals surface area contributed by atoms with Crippen molar-refractivity contribution in [3.8, 4) is 11.8 Å². The standard InChI is InChI=1S/C22H21FN2O2/c23-20-7-5-17(4-6-18-3-1-2-11-24-18)15-19(20)21(26)25-12-8-22(16-25)9-13-27-14-10-22/h1-3,5,7,11,15H,8-10,12-14,16H2. The molecule has 0 aliphatic carbocycles. The number of carbonyl (C=O) groups excluding carboxylic acids is 1. The number of benzene rings is 1. The number of halogens is 1. The van der Waals surface area contributed by atoms with Crippen LogP contribution < -0.4 is 0 Å². The Morgan fingerprint density at radius 3 is 2.78 bits per heavy atom. The summed E-state index contributed by atoms with van der Waals surface area (Å²) in [5, 5.41) is 0. The van der Waals surface area contributed by atoms with Gasteiger partial charge >= 0.3 is 0 Å². The van der Waals surface area contributed by atoms with Gasteiger partial charge in [0.2, 0.25) is 0 Å². The van der Waals surface area contributed by atoms with E-state index in [1.54, 1.807) is 29.3 Å². The zero-order valence-electron chi connectivity index (χ0n) is 15.1. The monoisotopic (exact) mass is 364 g/mol. The third-order valence-corrected chi connectivity index (χ3v) is 5.48. The van der Waals surface area contributed by atoms with Crippen molar-refractivity contribution in [2.45, 2.75) is 19.3 Å². The quantitative estimate of drug-likeness (QED) is 0.730. The molecule has 27 heavy (non-hydrogen) atoms. The van der Waals surface area contributed by atoms with E-state index in [1.807, 2.05) is 12.1 Å². The van der Waals surface area contributed by atoms with Crippen LogP contribution in [0, 0.1) is 23.1 Å². The second-order valence-corrected chi connectivity index (χ2v) is 7.25. The summed E-state index contributed by atoms with van der Waals surface area (Å²) in [5.74, 6) is 5.15. The molecule has 3 heterocycles. The summed E-state index contributed by atoms with van der Waals surface area (Å²) in [6.45, 7) is 2.84. The Hall–Kier alpha value is -2.71. The third-order valence-electron chi connectivity index (χ3n) is 5.48. The molecule has 0 saturated carbocycles. The highest BCUT2D eigenvalue weighted by Gasteiger charge is 2.41. The number of carbonyl (C=O) groups is 1. The van der Waals surface area contributed by atoms with Crippen LogP contribution in [0.15, 0.2) is 42.6 Å². The number of aromatic nitrogens is 1. The van der Waals surface area contributed by atoms with Crippen molar-refractivity contribution in [2.75, 3.05) is 26.3 Å². The van der Waals surface area contributed by atoms with Gasteiger partial charge in [-0.2, -0.15) is 0 Å². The van der Waals surface area contributed by atoms with Crippen LogP contribution in [0.3, 0.4) is 0 Å². The van der Waals surface area contributed by atoms with Gasteiger partial charge in [-0.1, -0.05) is 12.0 Å². The van der Waals surface area contributed by atoms with Crippen molar-refractivity contribution < 1.29 is 13.9 Å². The summed E-state index contributed by atoms with van der Waals surface area (Å²) >= 11 is 0. The maximum atomic E-state index is 14.3. The number of rotatable bonds is 1. The first-order valence-electron chi connectivity index (χ1n) is 9.25. The zero-order valence-corrected chi connectivity index (χ0v) is 15.1. The first-order valence-corrected chi connectivity index (χ1v) is 9.25. The molecular formula is C22H21FN2O2. The molecule has 4 nitrogen and oxygen atoms in total. The number of nitrogens with zero attached hydrogens (tertiary/aromatic N) is 2. The van der Waals surface area contributed by atoms with Crippen molar-refractivity contribution in [1.29, 1.82) is 0 Å². The molecule has 2 aromatic rings. The summed E-state index contributed by atoms with van der Waals surface area (Å²) in [6.07, 6.45) is 4.57. The molecule has 138 valence electrons. The molecule has 0 unspecified atom stereocenters. The summed E-state index contributed by atoms with van der Waals surface area (Å²) in [4.78, 5) is 18.8. The molecule has 1 aromatic heterocycles. The molecule has 0 N–H and O–H groups in total. The smallest absolute Gasteiger partial charge is 0.256 e. The minimum atomic E-state index is -0.503. The highest BCUT2D eigenvalue weighted by atomic mass is 19.1. The lowest BCUT2D eigenvalue weighted by molar-refractivity contribution is 0.0190. The van der Waals surface area contributed by atoms with Gasteiger partial charge in [-0.25, -0.2) is 9.37 Å². The minimum Gasteiger partial charge on any atom is -0.381 e. The Morgan fingerprint density at radius 1 is 1.15 bits per heavy atom. The Bertz CT molecular complexity index is 896. The van der Waals surface area contributed by atoms with Crippen molar-refractivity contribution in [3.05, 3.63) is 65.2 Å². The minimum absolute atomic E-state index is 0.0898. The van der Waals surface area contributed by atoms with Crippen molar-refractivity contribution in [3.63, 3.8) is 0 Å². The highest BCUT2D eigenvalue weighted by molar-refractivity contribution is 5.95. The van der Waals surface area contributed by atoms with Gasteiger partial charge in [-0.3, -0.25) is 4.79 Å². The van der Waals surface area contributed by atoms with E-state index in [1.165, 1.54) is 6.07 Å². The zero-order chi connectivity index (χ0) is 18.7. The second-order valence-electron chi connectivity index (χ2n) is 7.25. The van der Waals surface area contributed by atoms with Gasteiger partial charge in [-0.15, -0.1) is 0 Å². The van der Waals surface area contributed by atoms with Crippen LogP contribution in [0.2, 0.25) is 0 Å². The molecule has 2 aliphatic heterocycles. The normalized spacial score (nSPS) is 18.2. The van der Waals surface area contributed by atoms with Crippen molar-refractivity contribution in [2.24, 2.45) is 5.41 Å². The van der Waals surface area contributed by atoms with Crippen LogP contribution in [0.5, 0.6) is 0 Å². The van der Waals surface area contributed by atoms with E-state index >= 15 is 0 Å². The molecular weight excluding hydrogens is 343 g/mol. The molecule has 1 spiro atoms. The molecule has 0 bridgehead atoms. The van der Waals surface area contributed by atoms with Crippen LogP contribution in [0.1, 0.15) is 40.9 Å². The number of amides is 1. The second kappa shape index (κ2) is 7.50. The number of ether oxygens (including phenoxy) is 1. The van der Waals surface area contributed by atoms with Gasteiger partial charge < -0.3 is 9.64 Å². The summed E-state index contributed by atoms with van der Waals surface area (Å²) in [6, 6.07) is 9.93. The predicted octanol–water partition coefficient (Wildman–Crippen LogP) is 3.26. The summed E-state index contributed by atoms with van der Waals surface area (Å²) < 4.78 is 19.8. The van der Waals surface area contributed by atoms with Gasteiger partial charge in [0.05, 0.1) is 5.56 Å². The van der Waals surface area contributed by atoms with E-state index in [0.29, 0.717) is 24.3 Å². The van der Waals surface area contributed by atoms with Gasteiger partial charge in [0.25, 0.3) is 5.91 Å². The van der Waals surface area contributed by atoms with E-state index in [2.05, 4.69) is 16.8 Å². The van der Waals surface area contributed by atoms with Crippen molar-refractivity contribution >= 4 is 5.91 Å². The largest absolute Gasteiger partial charge is 0.381 e. The molecule has 5 heteroatoms. The van der Waals surface area contributed by atoms with Crippen LogP contribution in [0.4, 0.5) is 4.39 Å². The molecule has 4 rings (SSSR count). The number of pyridine rings is 1. The molecule has 0 radical (unpaired) electrons. The Labute approximate surface area is 158 Å². The SMILES string of the molecule is O=C(c1cc(C#Cc2ccccn2)ccc1F)N1CCC2(CCOCC2)C1. The van der Waals surface area contributed by atoms with E-state index in [-0.39, 0.29) is 16.9 Å². The summed E-state index contributed by atoms with van der Waals surface area (Å²) in [7, 11) is 0. The van der Waals surface area contributed by atoms with Crippen LogP contribution in [-0.4, -0.2) is 42.1 Å². The lowest BCUT2D eigenvalue weighted by atomic mass is 9.80. The van der Waals surface area contributed by atoms with E-state index in [4.69, 9.17) is 4.74 Å². The highest BCUT2D eigenvalue weighted by Crippen LogP contribution is 2.40. The van der Waals surface area contributed by atoms with Crippen molar-refractivity contribution in [1.82, 2.24) is 9.88 Å².